The first-order valence-electron chi connectivity index (χ1n) is 9.45. The molecule has 3 N–H and O–H groups in total. The first kappa shape index (κ1) is 22.3. The second kappa shape index (κ2) is 8.77. The van der Waals surface area contributed by atoms with Crippen LogP contribution in [0.1, 0.15) is 40.9 Å². The molecule has 162 valence electrons. The number of fused-ring (bicyclic) bond motifs is 1. The molecule has 0 spiro atoms. The van der Waals surface area contributed by atoms with Gasteiger partial charge < -0.3 is 15.5 Å². The van der Waals surface area contributed by atoms with Crippen LogP contribution in [0.5, 0.6) is 5.75 Å². The number of aromatic hydroxyl groups is 1. The SMILES string of the molecule is Cc1c([C@H](C)C(=O)NCCC(=O)O)c2cc(O)c(F)cc2n1C(=O)c1cccc(Cl)c1. The van der Waals surface area contributed by atoms with Crippen LogP contribution in [-0.2, 0) is 9.59 Å². The normalized spacial score (nSPS) is 12.0. The van der Waals surface area contributed by atoms with Gasteiger partial charge in [-0.3, -0.25) is 19.0 Å². The number of hydrogen-bond donors (Lipinski definition) is 3. The molecule has 0 saturated heterocycles. The fraction of sp³-hybridized carbons (Fsp3) is 0.227. The molecule has 2 aromatic carbocycles. The van der Waals surface area contributed by atoms with E-state index in [2.05, 4.69) is 5.32 Å². The van der Waals surface area contributed by atoms with Gasteiger partial charge in [-0.05, 0) is 43.7 Å². The molecular weight excluding hydrogens is 427 g/mol. The van der Waals surface area contributed by atoms with E-state index in [-0.39, 0.29) is 24.0 Å². The van der Waals surface area contributed by atoms with Crippen molar-refractivity contribution < 1.29 is 29.0 Å². The van der Waals surface area contributed by atoms with E-state index in [1.54, 1.807) is 32.0 Å². The molecule has 3 rings (SSSR count). The second-order valence-electron chi connectivity index (χ2n) is 7.13. The zero-order valence-electron chi connectivity index (χ0n) is 16.8. The van der Waals surface area contributed by atoms with E-state index in [0.717, 1.165) is 6.07 Å². The van der Waals surface area contributed by atoms with Crippen molar-refractivity contribution >= 4 is 40.3 Å². The molecule has 7 nitrogen and oxygen atoms in total. The summed E-state index contributed by atoms with van der Waals surface area (Å²) in [7, 11) is 0. The minimum absolute atomic E-state index is 0.0580. The molecular formula is C22H20ClFN2O5. The number of carbonyl (C=O) groups excluding carboxylic acids is 2. The Kier molecular flexibility index (Phi) is 6.31. The second-order valence-corrected chi connectivity index (χ2v) is 7.56. The van der Waals surface area contributed by atoms with E-state index in [0.29, 0.717) is 21.7 Å². The molecule has 1 atom stereocenters. The third kappa shape index (κ3) is 4.39. The van der Waals surface area contributed by atoms with Crippen molar-refractivity contribution in [1.29, 1.82) is 0 Å². The highest BCUT2D eigenvalue weighted by atomic mass is 35.5. The molecule has 0 bridgehead atoms. The Balaban J connectivity index is 2.13. The maximum Gasteiger partial charge on any atom is 0.305 e. The van der Waals surface area contributed by atoms with Gasteiger partial charge in [0.2, 0.25) is 5.91 Å². The Labute approximate surface area is 182 Å². The number of benzene rings is 2. The summed E-state index contributed by atoms with van der Waals surface area (Å²) in [5, 5.41) is 21.9. The molecule has 0 aliphatic heterocycles. The van der Waals surface area contributed by atoms with Crippen LogP contribution >= 0.6 is 11.6 Å². The van der Waals surface area contributed by atoms with Crippen LogP contribution in [0.25, 0.3) is 10.9 Å². The lowest BCUT2D eigenvalue weighted by Gasteiger charge is -2.13. The highest BCUT2D eigenvalue weighted by Gasteiger charge is 2.27. The first-order valence-corrected chi connectivity index (χ1v) is 9.82. The van der Waals surface area contributed by atoms with E-state index in [4.69, 9.17) is 16.7 Å². The van der Waals surface area contributed by atoms with E-state index < -0.39 is 35.3 Å². The van der Waals surface area contributed by atoms with Crippen molar-refractivity contribution in [3.63, 3.8) is 0 Å². The Morgan fingerprint density at radius 3 is 2.58 bits per heavy atom. The van der Waals surface area contributed by atoms with Crippen molar-refractivity contribution in [3.05, 3.63) is 64.1 Å². The van der Waals surface area contributed by atoms with Crippen LogP contribution in [0.3, 0.4) is 0 Å². The van der Waals surface area contributed by atoms with Crippen LogP contribution < -0.4 is 5.32 Å². The fourth-order valence-electron chi connectivity index (χ4n) is 3.58. The Hall–Kier alpha value is -3.39. The standard InChI is InChI=1S/C22H20ClFN2O5/c1-11(21(30)25-7-6-19(28)29)20-12(2)26(17-10-16(24)18(27)9-15(17)20)22(31)13-4-3-5-14(23)8-13/h3-5,8-11,27H,6-7H2,1-2H3,(H,25,30)(H,28,29)/t11-/m0/s1. The summed E-state index contributed by atoms with van der Waals surface area (Å²) in [4.78, 5) is 36.5. The van der Waals surface area contributed by atoms with Crippen molar-refractivity contribution in [3.8, 4) is 5.75 Å². The van der Waals surface area contributed by atoms with Gasteiger partial charge in [0, 0.05) is 34.3 Å². The molecule has 1 aromatic heterocycles. The molecule has 1 amide bonds. The Morgan fingerprint density at radius 1 is 1.23 bits per heavy atom. The summed E-state index contributed by atoms with van der Waals surface area (Å²) in [5.74, 6) is -4.29. The summed E-state index contributed by atoms with van der Waals surface area (Å²) in [5.41, 5.74) is 1.28. The largest absolute Gasteiger partial charge is 0.505 e. The molecule has 0 radical (unpaired) electrons. The van der Waals surface area contributed by atoms with Gasteiger partial charge in [0.15, 0.2) is 11.6 Å². The Morgan fingerprint density at radius 2 is 1.94 bits per heavy atom. The maximum atomic E-state index is 14.2. The third-order valence-corrected chi connectivity index (χ3v) is 5.30. The maximum absolute atomic E-state index is 14.2. The quantitative estimate of drug-likeness (QED) is 0.533. The number of carboxylic acid groups (broad SMARTS) is 1. The van der Waals surface area contributed by atoms with Gasteiger partial charge in [-0.1, -0.05) is 17.7 Å². The average molecular weight is 447 g/mol. The minimum Gasteiger partial charge on any atom is -0.505 e. The number of phenols is 1. The smallest absolute Gasteiger partial charge is 0.305 e. The van der Waals surface area contributed by atoms with Gasteiger partial charge in [0.05, 0.1) is 17.9 Å². The van der Waals surface area contributed by atoms with Crippen LogP contribution in [0.15, 0.2) is 36.4 Å². The first-order chi connectivity index (χ1) is 14.6. The lowest BCUT2D eigenvalue weighted by Crippen LogP contribution is -2.30. The molecule has 0 aliphatic rings. The van der Waals surface area contributed by atoms with Gasteiger partial charge in [-0.25, -0.2) is 4.39 Å². The van der Waals surface area contributed by atoms with Gasteiger partial charge in [0.25, 0.3) is 5.91 Å². The van der Waals surface area contributed by atoms with E-state index in [1.807, 2.05) is 0 Å². The van der Waals surface area contributed by atoms with E-state index >= 15 is 0 Å². The summed E-state index contributed by atoms with van der Waals surface area (Å²) < 4.78 is 15.4. The zero-order chi connectivity index (χ0) is 22.9. The molecule has 0 unspecified atom stereocenters. The summed E-state index contributed by atoms with van der Waals surface area (Å²) in [6.45, 7) is 3.15. The highest BCUT2D eigenvalue weighted by Crippen LogP contribution is 2.36. The molecule has 3 aromatic rings. The number of amides is 1. The number of hydrogen-bond acceptors (Lipinski definition) is 4. The van der Waals surface area contributed by atoms with Crippen LogP contribution in [0.2, 0.25) is 5.02 Å². The molecule has 0 saturated carbocycles. The van der Waals surface area contributed by atoms with Crippen molar-refractivity contribution in [2.24, 2.45) is 0 Å². The van der Waals surface area contributed by atoms with E-state index in [9.17, 15) is 23.9 Å². The number of nitrogens with one attached hydrogen (secondary N) is 1. The van der Waals surface area contributed by atoms with E-state index in [1.165, 1.54) is 16.7 Å². The third-order valence-electron chi connectivity index (χ3n) is 5.06. The topological polar surface area (TPSA) is 109 Å². The number of nitrogens with zero attached hydrogens (tertiary/aromatic N) is 1. The minimum atomic E-state index is -1.05. The molecule has 0 fully saturated rings. The van der Waals surface area contributed by atoms with Gasteiger partial charge >= 0.3 is 5.97 Å². The van der Waals surface area contributed by atoms with Gasteiger partial charge in [-0.15, -0.1) is 0 Å². The molecule has 31 heavy (non-hydrogen) atoms. The summed E-state index contributed by atoms with van der Waals surface area (Å²) in [6, 6.07) is 8.49. The van der Waals surface area contributed by atoms with Crippen LogP contribution in [-0.4, -0.2) is 39.1 Å². The zero-order valence-corrected chi connectivity index (χ0v) is 17.5. The fourth-order valence-corrected chi connectivity index (χ4v) is 3.77. The molecule has 9 heteroatoms. The van der Waals surface area contributed by atoms with Crippen LogP contribution in [0.4, 0.5) is 4.39 Å². The number of carbonyl (C=O) groups is 3. The number of phenolic OH excluding ortho intramolecular Hbond substituents is 1. The van der Waals surface area contributed by atoms with Gasteiger partial charge in [-0.2, -0.15) is 0 Å². The summed E-state index contributed by atoms with van der Waals surface area (Å²) >= 11 is 6.00. The number of aliphatic carboxylic acids is 1. The predicted octanol–water partition coefficient (Wildman–Crippen LogP) is 3.83. The van der Waals surface area contributed by atoms with Crippen molar-refractivity contribution in [1.82, 2.24) is 9.88 Å². The Bertz CT molecular complexity index is 1200. The molecule has 0 aliphatic carbocycles. The number of rotatable bonds is 6. The molecule has 1 heterocycles. The predicted molar refractivity (Wildman–Crippen MR) is 113 cm³/mol. The van der Waals surface area contributed by atoms with Crippen molar-refractivity contribution in [2.45, 2.75) is 26.2 Å². The van der Waals surface area contributed by atoms with Gasteiger partial charge in [0.1, 0.15) is 0 Å². The average Bonchev–Trinajstić information content (AvgIpc) is 2.97. The van der Waals surface area contributed by atoms with Crippen molar-refractivity contribution in [2.75, 3.05) is 6.54 Å². The highest BCUT2D eigenvalue weighted by molar-refractivity contribution is 6.31. The lowest BCUT2D eigenvalue weighted by molar-refractivity contribution is -0.136. The number of carboxylic acids is 1. The van der Waals surface area contributed by atoms with Crippen LogP contribution in [0, 0.1) is 12.7 Å². The monoisotopic (exact) mass is 446 g/mol. The lowest BCUT2D eigenvalue weighted by atomic mass is 9.96. The summed E-state index contributed by atoms with van der Waals surface area (Å²) in [6.07, 6.45) is -0.238. The number of halogens is 2. The number of aromatic nitrogens is 1.